The summed E-state index contributed by atoms with van der Waals surface area (Å²) in [6.45, 7) is -0.799. The average molecular weight is 421 g/mol. The number of hydrogen-bond acceptors (Lipinski definition) is 5. The molecule has 0 radical (unpaired) electrons. The number of fused-ring (bicyclic) bond motifs is 1. The fourth-order valence-corrected chi connectivity index (χ4v) is 2.80. The molecule has 0 unspecified atom stereocenters. The zero-order valence-electron chi connectivity index (χ0n) is 13.6. The van der Waals surface area contributed by atoms with Crippen LogP contribution in [0.1, 0.15) is 11.1 Å². The summed E-state index contributed by atoms with van der Waals surface area (Å²) < 4.78 is 89.8. The molecule has 0 atom stereocenters. The van der Waals surface area contributed by atoms with E-state index in [9.17, 15) is 31.1 Å². The van der Waals surface area contributed by atoms with Gasteiger partial charge in [-0.2, -0.15) is 35.1 Å². The fourth-order valence-electron chi connectivity index (χ4n) is 2.25. The molecule has 0 spiro atoms. The lowest BCUT2D eigenvalue weighted by Gasteiger charge is -2.14. The van der Waals surface area contributed by atoms with Gasteiger partial charge in [-0.25, -0.2) is 0 Å². The van der Waals surface area contributed by atoms with Gasteiger partial charge in [0.25, 0.3) is 5.91 Å². The molecule has 3 aromatic rings. The average Bonchev–Trinajstić information content (AvgIpc) is 3.08. The molecule has 1 aromatic heterocycles. The summed E-state index contributed by atoms with van der Waals surface area (Å²) in [6, 6.07) is 5.55. The van der Waals surface area contributed by atoms with Gasteiger partial charge < -0.3 is 10.1 Å². The Bertz CT molecular complexity index is 983. The van der Waals surface area contributed by atoms with E-state index in [4.69, 9.17) is 4.74 Å². The third-order valence-corrected chi connectivity index (χ3v) is 4.03. The number of nitrogens with zero attached hydrogens (tertiary/aromatic N) is 2. The van der Waals surface area contributed by atoms with Crippen LogP contribution in [0.25, 0.3) is 11.0 Å². The molecular formula is C16H9F6N3O2S. The van der Waals surface area contributed by atoms with Crippen molar-refractivity contribution in [1.29, 1.82) is 0 Å². The predicted molar refractivity (Wildman–Crippen MR) is 88.0 cm³/mol. The van der Waals surface area contributed by atoms with Gasteiger partial charge in [-0.05, 0) is 30.3 Å². The topological polar surface area (TPSA) is 64.1 Å². The van der Waals surface area contributed by atoms with E-state index >= 15 is 0 Å². The van der Waals surface area contributed by atoms with Crippen molar-refractivity contribution in [2.24, 2.45) is 0 Å². The zero-order chi connectivity index (χ0) is 20.5. The number of anilines is 1. The van der Waals surface area contributed by atoms with Crippen LogP contribution in [0.2, 0.25) is 0 Å². The molecule has 1 N–H and O–H groups in total. The van der Waals surface area contributed by atoms with Crippen molar-refractivity contribution in [3.05, 3.63) is 47.5 Å². The number of alkyl halides is 6. The van der Waals surface area contributed by atoms with E-state index in [1.165, 1.54) is 6.07 Å². The van der Waals surface area contributed by atoms with Gasteiger partial charge in [0.1, 0.15) is 16.8 Å². The number of nitrogens with one attached hydrogen (secondary N) is 1. The molecule has 0 fully saturated rings. The molecule has 0 saturated heterocycles. The second-order valence-electron chi connectivity index (χ2n) is 5.52. The second-order valence-corrected chi connectivity index (χ2v) is 6.04. The van der Waals surface area contributed by atoms with Crippen LogP contribution in [0.3, 0.4) is 0 Å². The molecule has 12 heteroatoms. The number of carbonyl (C=O) groups excluding carboxylic acids is 1. The molecule has 2 aromatic carbocycles. The third-order valence-electron chi connectivity index (χ3n) is 3.49. The molecule has 148 valence electrons. The summed E-state index contributed by atoms with van der Waals surface area (Å²) in [5, 5.41) is 2.43. The Balaban J connectivity index is 1.76. The van der Waals surface area contributed by atoms with Crippen molar-refractivity contribution in [2.75, 3.05) is 11.9 Å². The highest BCUT2D eigenvalue weighted by Crippen LogP contribution is 2.38. The number of amides is 1. The normalized spacial score (nSPS) is 12.2. The van der Waals surface area contributed by atoms with Crippen LogP contribution in [-0.4, -0.2) is 21.3 Å². The maximum absolute atomic E-state index is 12.8. The van der Waals surface area contributed by atoms with Crippen molar-refractivity contribution in [3.63, 3.8) is 0 Å². The van der Waals surface area contributed by atoms with Gasteiger partial charge in [-0.15, -0.1) is 0 Å². The molecule has 0 saturated carbocycles. The molecule has 1 amide bonds. The lowest BCUT2D eigenvalue weighted by Crippen LogP contribution is -2.21. The SMILES string of the molecule is O=C(COc1cc(C(F)(F)F)cc(C(F)(F)F)c1)Nc1cccc2nsnc12. The quantitative estimate of drug-likeness (QED) is 0.618. The van der Waals surface area contributed by atoms with Gasteiger partial charge >= 0.3 is 12.4 Å². The molecule has 3 rings (SSSR count). The Hall–Kier alpha value is -2.89. The van der Waals surface area contributed by atoms with Crippen LogP contribution < -0.4 is 10.1 Å². The summed E-state index contributed by atoms with van der Waals surface area (Å²) in [4.78, 5) is 12.0. The summed E-state index contributed by atoms with van der Waals surface area (Å²) >= 11 is 0.916. The number of halogens is 6. The summed E-state index contributed by atoms with van der Waals surface area (Å²) in [5.74, 6) is -1.52. The van der Waals surface area contributed by atoms with Crippen LogP contribution in [0, 0.1) is 0 Å². The highest BCUT2D eigenvalue weighted by Gasteiger charge is 2.37. The van der Waals surface area contributed by atoms with Gasteiger partial charge in [-0.1, -0.05) is 6.07 Å². The predicted octanol–water partition coefficient (Wildman–Crippen LogP) is 4.75. The number of benzene rings is 2. The third kappa shape index (κ3) is 4.50. The summed E-state index contributed by atoms with van der Waals surface area (Å²) in [5.41, 5.74) is -1.84. The van der Waals surface area contributed by atoms with Crippen LogP contribution in [-0.2, 0) is 17.1 Å². The minimum Gasteiger partial charge on any atom is -0.484 e. The van der Waals surface area contributed by atoms with Crippen molar-refractivity contribution >= 4 is 34.4 Å². The first kappa shape index (κ1) is 19.9. The smallest absolute Gasteiger partial charge is 0.416 e. The van der Waals surface area contributed by atoms with Crippen LogP contribution in [0.15, 0.2) is 36.4 Å². The number of rotatable bonds is 4. The van der Waals surface area contributed by atoms with Crippen molar-refractivity contribution in [1.82, 2.24) is 8.75 Å². The second kappa shape index (κ2) is 7.26. The molecule has 5 nitrogen and oxygen atoms in total. The summed E-state index contributed by atoms with van der Waals surface area (Å²) in [7, 11) is 0. The maximum Gasteiger partial charge on any atom is 0.416 e. The Morgan fingerprint density at radius 3 is 2.25 bits per heavy atom. The Labute approximate surface area is 157 Å². The van der Waals surface area contributed by atoms with Crippen molar-refractivity contribution < 1.29 is 35.9 Å². The van der Waals surface area contributed by atoms with E-state index in [0.29, 0.717) is 28.9 Å². The number of ether oxygens (including phenoxy) is 1. The Morgan fingerprint density at radius 1 is 1.00 bits per heavy atom. The lowest BCUT2D eigenvalue weighted by atomic mass is 10.1. The first-order valence-corrected chi connectivity index (χ1v) is 8.20. The standard InChI is InChI=1S/C16H9F6N3O2S/c17-15(18,19)8-4-9(16(20,21)22)6-10(5-8)27-7-13(26)23-11-2-1-3-12-14(11)25-28-24-12/h1-6H,7H2,(H,23,26). The molecule has 0 bridgehead atoms. The van der Waals surface area contributed by atoms with Gasteiger partial charge in [0.2, 0.25) is 0 Å². The highest BCUT2D eigenvalue weighted by molar-refractivity contribution is 7.00. The van der Waals surface area contributed by atoms with E-state index in [0.717, 1.165) is 11.7 Å². The number of carbonyl (C=O) groups is 1. The molecule has 0 aliphatic carbocycles. The molecular weight excluding hydrogens is 412 g/mol. The minimum atomic E-state index is -5.01. The van der Waals surface area contributed by atoms with Crippen LogP contribution in [0.5, 0.6) is 5.75 Å². The Morgan fingerprint density at radius 2 is 1.64 bits per heavy atom. The first-order valence-electron chi connectivity index (χ1n) is 7.47. The number of hydrogen-bond donors (Lipinski definition) is 1. The van der Waals surface area contributed by atoms with E-state index < -0.39 is 41.7 Å². The molecule has 0 aliphatic rings. The maximum atomic E-state index is 12.8. The van der Waals surface area contributed by atoms with E-state index in [1.54, 1.807) is 12.1 Å². The molecule has 28 heavy (non-hydrogen) atoms. The largest absolute Gasteiger partial charge is 0.484 e. The fraction of sp³-hybridized carbons (Fsp3) is 0.188. The minimum absolute atomic E-state index is 0.0249. The van der Waals surface area contributed by atoms with E-state index in [2.05, 4.69) is 14.1 Å². The lowest BCUT2D eigenvalue weighted by molar-refractivity contribution is -0.143. The van der Waals surface area contributed by atoms with Crippen molar-refractivity contribution in [2.45, 2.75) is 12.4 Å². The highest BCUT2D eigenvalue weighted by atomic mass is 32.1. The van der Waals surface area contributed by atoms with Gasteiger partial charge in [0, 0.05) is 0 Å². The van der Waals surface area contributed by atoms with Crippen molar-refractivity contribution in [3.8, 4) is 5.75 Å². The van der Waals surface area contributed by atoms with Crippen LogP contribution >= 0.6 is 11.7 Å². The first-order chi connectivity index (χ1) is 13.0. The monoisotopic (exact) mass is 421 g/mol. The van der Waals surface area contributed by atoms with E-state index in [1.807, 2.05) is 0 Å². The van der Waals surface area contributed by atoms with E-state index in [-0.39, 0.29) is 6.07 Å². The van der Waals surface area contributed by atoms with Gasteiger partial charge in [0.15, 0.2) is 6.61 Å². The number of aromatic nitrogens is 2. The molecule has 0 aliphatic heterocycles. The van der Waals surface area contributed by atoms with Crippen LogP contribution in [0.4, 0.5) is 32.0 Å². The van der Waals surface area contributed by atoms with Gasteiger partial charge in [-0.3, -0.25) is 4.79 Å². The summed E-state index contributed by atoms with van der Waals surface area (Å²) in [6.07, 6.45) is -10.0. The van der Waals surface area contributed by atoms with Gasteiger partial charge in [0.05, 0.1) is 28.5 Å². The zero-order valence-corrected chi connectivity index (χ0v) is 14.4. The Kier molecular flexibility index (Phi) is 5.15. The molecule has 1 heterocycles.